The molecule has 1 aromatic rings. The summed E-state index contributed by atoms with van der Waals surface area (Å²) < 4.78 is 13.8. The molecule has 0 radical (unpaired) electrons. The third-order valence-corrected chi connectivity index (χ3v) is 6.16. The molecule has 2 atom stereocenters. The Morgan fingerprint density at radius 1 is 1.48 bits per heavy atom. The lowest BCUT2D eigenvalue weighted by Gasteiger charge is -2.22. The number of aromatic nitrogens is 2. The van der Waals surface area contributed by atoms with E-state index < -0.39 is 10.8 Å². The zero-order valence-corrected chi connectivity index (χ0v) is 19.1. The van der Waals surface area contributed by atoms with Gasteiger partial charge in [-0.25, -0.2) is 0 Å². The van der Waals surface area contributed by atoms with Crippen molar-refractivity contribution >= 4 is 40.7 Å². The molecule has 1 saturated heterocycles. The van der Waals surface area contributed by atoms with Crippen LogP contribution in [0.5, 0.6) is 0 Å². The number of nitrogens with one attached hydrogen (secondary N) is 1. The maximum Gasteiger partial charge on any atom is 0.193 e. The Bertz CT molecular complexity index is 596. The van der Waals surface area contributed by atoms with E-state index >= 15 is 0 Å². The molecule has 0 amide bonds. The molecular weight excluding hydrogens is 449 g/mol. The first-order chi connectivity index (χ1) is 11.3. The standard InChI is InChI=1S/C17H31N5OS.HI/c1-6-18-16(19-8-10-24(23)17(2,3)4)22-9-7-14(13-22)15-11-20-21(5)12-15;/h11-12,14H,6-10,13H2,1-5H3,(H,18,19);1H. The number of nitrogens with zero attached hydrogens (tertiary/aromatic N) is 4. The SMILES string of the molecule is CCNC(=NCCS(=O)C(C)(C)C)N1CCC(c2cnn(C)c2)C1.I. The second-order valence-electron chi connectivity index (χ2n) is 7.28. The largest absolute Gasteiger partial charge is 0.357 e. The molecule has 0 aliphatic carbocycles. The summed E-state index contributed by atoms with van der Waals surface area (Å²) in [6.45, 7) is 11.5. The first-order valence-electron chi connectivity index (χ1n) is 8.71. The average molecular weight is 481 g/mol. The summed E-state index contributed by atoms with van der Waals surface area (Å²) in [5.74, 6) is 2.05. The predicted molar refractivity (Wildman–Crippen MR) is 116 cm³/mol. The molecular formula is C17H32IN5OS. The van der Waals surface area contributed by atoms with Crippen LogP contribution in [-0.2, 0) is 17.8 Å². The molecule has 8 heteroatoms. The van der Waals surface area contributed by atoms with Crippen molar-refractivity contribution in [2.45, 2.75) is 44.8 Å². The minimum Gasteiger partial charge on any atom is -0.357 e. The van der Waals surface area contributed by atoms with Crippen LogP contribution in [0.1, 0.15) is 45.6 Å². The van der Waals surface area contributed by atoms with E-state index in [1.165, 1.54) is 5.56 Å². The molecule has 1 aliphatic rings. The molecule has 144 valence electrons. The molecule has 1 N–H and O–H groups in total. The van der Waals surface area contributed by atoms with Crippen LogP contribution in [0.3, 0.4) is 0 Å². The summed E-state index contributed by atoms with van der Waals surface area (Å²) in [6, 6.07) is 0. The van der Waals surface area contributed by atoms with E-state index in [4.69, 9.17) is 4.99 Å². The van der Waals surface area contributed by atoms with E-state index in [0.29, 0.717) is 18.2 Å². The Kier molecular flexibility index (Phi) is 8.86. The van der Waals surface area contributed by atoms with Crippen molar-refractivity contribution in [3.8, 4) is 0 Å². The lowest BCUT2D eigenvalue weighted by Crippen LogP contribution is -2.40. The van der Waals surface area contributed by atoms with Crippen molar-refractivity contribution in [1.29, 1.82) is 0 Å². The van der Waals surface area contributed by atoms with Crippen LogP contribution in [0.15, 0.2) is 17.4 Å². The highest BCUT2D eigenvalue weighted by atomic mass is 127. The van der Waals surface area contributed by atoms with E-state index in [9.17, 15) is 4.21 Å². The average Bonchev–Trinajstić information content (AvgIpc) is 3.14. The molecule has 0 saturated carbocycles. The summed E-state index contributed by atoms with van der Waals surface area (Å²) in [7, 11) is 1.10. The fourth-order valence-electron chi connectivity index (χ4n) is 2.84. The van der Waals surface area contributed by atoms with E-state index in [-0.39, 0.29) is 28.7 Å². The molecule has 1 aromatic heterocycles. The van der Waals surface area contributed by atoms with Crippen LogP contribution in [0.25, 0.3) is 0 Å². The minimum absolute atomic E-state index is 0. The van der Waals surface area contributed by atoms with Gasteiger partial charge in [0.25, 0.3) is 0 Å². The Hall–Kier alpha value is -0.640. The fourth-order valence-corrected chi connectivity index (χ4v) is 3.71. The van der Waals surface area contributed by atoms with Gasteiger partial charge in [0, 0.05) is 60.1 Å². The lowest BCUT2D eigenvalue weighted by molar-refractivity contribution is 0.487. The molecule has 0 spiro atoms. The van der Waals surface area contributed by atoms with Gasteiger partial charge in [-0.15, -0.1) is 24.0 Å². The number of rotatable bonds is 5. The predicted octanol–water partition coefficient (Wildman–Crippen LogP) is 2.34. The van der Waals surface area contributed by atoms with Gasteiger partial charge in [0.2, 0.25) is 0 Å². The first-order valence-corrected chi connectivity index (χ1v) is 10.0. The number of hydrogen-bond acceptors (Lipinski definition) is 3. The Labute approximate surface area is 171 Å². The maximum absolute atomic E-state index is 12.2. The quantitative estimate of drug-likeness (QED) is 0.399. The van der Waals surface area contributed by atoms with Crippen LogP contribution in [0, 0.1) is 0 Å². The van der Waals surface area contributed by atoms with Crippen molar-refractivity contribution < 1.29 is 4.21 Å². The van der Waals surface area contributed by atoms with Gasteiger partial charge >= 0.3 is 0 Å². The van der Waals surface area contributed by atoms with Crippen LogP contribution in [0.4, 0.5) is 0 Å². The molecule has 2 rings (SSSR count). The molecule has 25 heavy (non-hydrogen) atoms. The Morgan fingerprint density at radius 2 is 2.20 bits per heavy atom. The van der Waals surface area contributed by atoms with Gasteiger partial charge in [0.05, 0.1) is 12.7 Å². The summed E-state index contributed by atoms with van der Waals surface area (Å²) in [5.41, 5.74) is 1.30. The number of halogens is 1. The minimum atomic E-state index is -0.858. The number of aliphatic imine (C=N–C) groups is 1. The van der Waals surface area contributed by atoms with Crippen LogP contribution in [0.2, 0.25) is 0 Å². The number of aryl methyl sites for hydroxylation is 1. The highest BCUT2D eigenvalue weighted by Gasteiger charge is 2.27. The van der Waals surface area contributed by atoms with Crippen LogP contribution >= 0.6 is 24.0 Å². The lowest BCUT2D eigenvalue weighted by atomic mass is 10.0. The van der Waals surface area contributed by atoms with Crippen LogP contribution in [-0.4, -0.2) is 61.5 Å². The number of guanidine groups is 1. The fraction of sp³-hybridized carbons (Fsp3) is 0.765. The van der Waals surface area contributed by atoms with Gasteiger partial charge < -0.3 is 10.2 Å². The summed E-state index contributed by atoms with van der Waals surface area (Å²) in [4.78, 5) is 7.01. The third kappa shape index (κ3) is 6.54. The van der Waals surface area contributed by atoms with Gasteiger partial charge in [-0.2, -0.15) is 5.10 Å². The molecule has 1 fully saturated rings. The monoisotopic (exact) mass is 481 g/mol. The first kappa shape index (κ1) is 22.4. The van der Waals surface area contributed by atoms with Crippen LogP contribution < -0.4 is 5.32 Å². The van der Waals surface area contributed by atoms with Gasteiger partial charge in [-0.05, 0) is 39.7 Å². The van der Waals surface area contributed by atoms with E-state index in [1.807, 2.05) is 38.7 Å². The van der Waals surface area contributed by atoms with E-state index in [1.54, 1.807) is 0 Å². The number of likely N-dealkylation sites (tertiary alicyclic amines) is 1. The highest BCUT2D eigenvalue weighted by Crippen LogP contribution is 2.26. The summed E-state index contributed by atoms with van der Waals surface area (Å²) in [5, 5.41) is 7.65. The van der Waals surface area contributed by atoms with Crippen molar-refractivity contribution in [3.63, 3.8) is 0 Å². The van der Waals surface area contributed by atoms with Crippen molar-refractivity contribution in [1.82, 2.24) is 20.0 Å². The van der Waals surface area contributed by atoms with E-state index in [0.717, 1.165) is 32.0 Å². The van der Waals surface area contributed by atoms with Gasteiger partial charge in [0.15, 0.2) is 5.96 Å². The Balaban J connectivity index is 0.00000312. The smallest absolute Gasteiger partial charge is 0.193 e. The molecule has 0 aromatic carbocycles. The molecule has 1 aliphatic heterocycles. The van der Waals surface area contributed by atoms with E-state index in [2.05, 4.69) is 28.4 Å². The molecule has 6 nitrogen and oxygen atoms in total. The topological polar surface area (TPSA) is 62.5 Å². The Morgan fingerprint density at radius 3 is 2.76 bits per heavy atom. The van der Waals surface area contributed by atoms with Crippen molar-refractivity contribution in [2.75, 3.05) is 31.9 Å². The van der Waals surface area contributed by atoms with Gasteiger partial charge in [0.1, 0.15) is 0 Å². The second kappa shape index (κ2) is 9.89. The second-order valence-corrected chi connectivity index (χ2v) is 9.60. The zero-order valence-electron chi connectivity index (χ0n) is 16.0. The highest BCUT2D eigenvalue weighted by molar-refractivity contribution is 14.0. The molecule has 2 unspecified atom stereocenters. The van der Waals surface area contributed by atoms with Gasteiger partial charge in [-0.1, -0.05) is 0 Å². The zero-order chi connectivity index (χ0) is 17.7. The van der Waals surface area contributed by atoms with Crippen molar-refractivity contribution in [3.05, 3.63) is 18.0 Å². The summed E-state index contributed by atoms with van der Waals surface area (Å²) in [6.07, 6.45) is 5.18. The summed E-state index contributed by atoms with van der Waals surface area (Å²) >= 11 is 0. The number of hydrogen-bond donors (Lipinski definition) is 1. The maximum atomic E-state index is 12.2. The van der Waals surface area contributed by atoms with Crippen molar-refractivity contribution in [2.24, 2.45) is 12.0 Å². The normalized spacial score (nSPS) is 19.6. The van der Waals surface area contributed by atoms with Gasteiger partial charge in [-0.3, -0.25) is 13.9 Å². The third-order valence-electron chi connectivity index (χ3n) is 4.24. The molecule has 0 bridgehead atoms. The molecule has 2 heterocycles.